The van der Waals surface area contributed by atoms with Crippen molar-refractivity contribution in [3.8, 4) is 0 Å². The van der Waals surface area contributed by atoms with Crippen molar-refractivity contribution in [3.63, 3.8) is 0 Å². The molecule has 2 bridgehead atoms. The molecule has 0 aromatic carbocycles. The predicted octanol–water partition coefficient (Wildman–Crippen LogP) is 1.38. The van der Waals surface area contributed by atoms with Crippen molar-refractivity contribution in [2.75, 3.05) is 0 Å². The molecule has 0 aromatic rings. The molecular formula is C14H25NO5. The van der Waals surface area contributed by atoms with E-state index in [2.05, 4.69) is 20.8 Å². The van der Waals surface area contributed by atoms with Gasteiger partial charge in [0.2, 0.25) is 0 Å². The number of carboxylic acid groups (broad SMARTS) is 2. The highest BCUT2D eigenvalue weighted by molar-refractivity contribution is 5.89. The lowest BCUT2D eigenvalue weighted by Gasteiger charge is -2.32. The van der Waals surface area contributed by atoms with Crippen LogP contribution in [0.25, 0.3) is 0 Å². The first-order valence-electron chi connectivity index (χ1n) is 6.56. The van der Waals surface area contributed by atoms with E-state index in [-0.39, 0.29) is 23.4 Å². The summed E-state index contributed by atoms with van der Waals surface area (Å²) >= 11 is 0. The molecule has 5 N–H and O–H groups in total. The largest absolute Gasteiger partial charge is 0.550 e. The van der Waals surface area contributed by atoms with Gasteiger partial charge in [-0.1, -0.05) is 20.8 Å². The number of quaternary nitrogens is 1. The lowest BCUT2D eigenvalue weighted by Crippen LogP contribution is -2.32. The van der Waals surface area contributed by atoms with E-state index in [1.54, 1.807) is 0 Å². The summed E-state index contributed by atoms with van der Waals surface area (Å²) in [5, 5.41) is 17.4. The Morgan fingerprint density at radius 1 is 1.30 bits per heavy atom. The average molecular weight is 287 g/mol. The maximum Gasteiger partial charge on any atom is 0.303 e. The number of rotatable bonds is 3. The van der Waals surface area contributed by atoms with Gasteiger partial charge in [-0.05, 0) is 30.6 Å². The van der Waals surface area contributed by atoms with Gasteiger partial charge in [-0.25, -0.2) is 0 Å². The Bertz CT molecular complexity index is 390. The van der Waals surface area contributed by atoms with E-state index in [4.69, 9.17) is 5.11 Å². The summed E-state index contributed by atoms with van der Waals surface area (Å²) in [4.78, 5) is 30.7. The van der Waals surface area contributed by atoms with Crippen LogP contribution >= 0.6 is 0 Å². The van der Waals surface area contributed by atoms with Gasteiger partial charge in [-0.15, -0.1) is 0 Å². The van der Waals surface area contributed by atoms with Crippen LogP contribution in [0.3, 0.4) is 0 Å². The summed E-state index contributed by atoms with van der Waals surface area (Å²) in [6.45, 7) is 6.67. The molecule has 6 heteroatoms. The average Bonchev–Trinajstić information content (AvgIpc) is 2.60. The Labute approximate surface area is 119 Å². The van der Waals surface area contributed by atoms with E-state index in [0.717, 1.165) is 12.8 Å². The second kappa shape index (κ2) is 6.35. The first kappa shape index (κ1) is 18.6. The lowest BCUT2D eigenvalue weighted by molar-refractivity contribution is -0.305. The molecule has 20 heavy (non-hydrogen) atoms. The quantitative estimate of drug-likeness (QED) is 0.809. The van der Waals surface area contributed by atoms with E-state index in [0.29, 0.717) is 11.7 Å². The monoisotopic (exact) mass is 287 g/mol. The number of aliphatic carboxylic acids is 2. The molecule has 2 aliphatic carbocycles. The van der Waals surface area contributed by atoms with Gasteiger partial charge in [0.1, 0.15) is 5.78 Å². The van der Waals surface area contributed by atoms with Crippen LogP contribution in [0.15, 0.2) is 0 Å². The Morgan fingerprint density at radius 2 is 1.85 bits per heavy atom. The van der Waals surface area contributed by atoms with Crippen LogP contribution in [0.4, 0.5) is 0 Å². The highest BCUT2D eigenvalue weighted by Crippen LogP contribution is 2.63. The highest BCUT2D eigenvalue weighted by Gasteiger charge is 2.61. The number of carbonyl (C=O) groups excluding carboxylic acids is 2. The van der Waals surface area contributed by atoms with Gasteiger partial charge in [0.25, 0.3) is 0 Å². The number of Topliss-reactive ketones (excluding diaryl/α,β-unsaturated/α-hetero) is 1. The molecule has 116 valence electrons. The Morgan fingerprint density at radius 3 is 2.00 bits per heavy atom. The van der Waals surface area contributed by atoms with Crippen LogP contribution in [-0.2, 0) is 14.4 Å². The number of hydrogen-bond donors (Lipinski definition) is 2. The first-order valence-corrected chi connectivity index (χ1v) is 6.56. The molecule has 2 atom stereocenters. The lowest BCUT2D eigenvalue weighted by atomic mass is 9.70. The summed E-state index contributed by atoms with van der Waals surface area (Å²) in [5.74, 6) is -1.25. The Balaban J connectivity index is 0.000000364. The highest BCUT2D eigenvalue weighted by atomic mass is 16.4. The molecule has 0 heterocycles. The third-order valence-electron chi connectivity index (χ3n) is 5.03. The number of carbonyl (C=O) groups is 3. The van der Waals surface area contributed by atoms with Gasteiger partial charge < -0.3 is 21.2 Å². The summed E-state index contributed by atoms with van der Waals surface area (Å²) in [6, 6.07) is 0. The maximum absolute atomic E-state index is 11.6. The molecule has 2 fully saturated rings. The van der Waals surface area contributed by atoms with Crippen molar-refractivity contribution in [1.29, 1.82) is 0 Å². The van der Waals surface area contributed by atoms with E-state index in [9.17, 15) is 19.5 Å². The Hall–Kier alpha value is -1.43. The molecule has 2 rings (SSSR count). The summed E-state index contributed by atoms with van der Waals surface area (Å²) < 4.78 is 0. The minimum absolute atomic E-state index is 0. The Kier molecular flexibility index (Phi) is 5.89. The number of hydrogen-bond acceptors (Lipinski definition) is 4. The normalized spacial score (nSPS) is 29.1. The molecule has 0 saturated heterocycles. The number of fused-ring (bicyclic) bond motifs is 2. The summed E-state index contributed by atoms with van der Waals surface area (Å²) in [7, 11) is 0. The number of ketones is 1. The van der Waals surface area contributed by atoms with Crippen LogP contribution in [0.1, 0.15) is 52.9 Å². The standard InChI is InChI=1S/C10H16O.C4H6O4.H3N/c1-9(2)7-4-5-10(9,3)8(11)6-7;5-3(6)1-2-4(7)8;/h7H,4-6H2,1-3H3;1-2H2,(H,5,6)(H,7,8);1H3. The van der Waals surface area contributed by atoms with Crippen molar-refractivity contribution >= 4 is 17.7 Å². The fourth-order valence-electron chi connectivity index (χ4n) is 3.11. The van der Waals surface area contributed by atoms with E-state index in [1.807, 2.05) is 0 Å². The molecule has 0 spiro atoms. The van der Waals surface area contributed by atoms with Gasteiger partial charge in [0.15, 0.2) is 0 Å². The molecule has 2 unspecified atom stereocenters. The van der Waals surface area contributed by atoms with Crippen molar-refractivity contribution < 1.29 is 24.6 Å². The van der Waals surface area contributed by atoms with Crippen LogP contribution in [0, 0.1) is 16.7 Å². The molecule has 0 aliphatic heterocycles. The fourth-order valence-corrected chi connectivity index (χ4v) is 3.11. The van der Waals surface area contributed by atoms with Gasteiger partial charge in [0.05, 0.1) is 6.42 Å². The van der Waals surface area contributed by atoms with Gasteiger partial charge in [-0.2, -0.15) is 0 Å². The van der Waals surface area contributed by atoms with Crippen molar-refractivity contribution in [1.82, 2.24) is 6.15 Å². The van der Waals surface area contributed by atoms with E-state index >= 15 is 0 Å². The molecule has 0 aromatic heterocycles. The summed E-state index contributed by atoms with van der Waals surface area (Å²) in [6.07, 6.45) is 2.49. The predicted molar refractivity (Wildman–Crippen MR) is 72.1 cm³/mol. The van der Waals surface area contributed by atoms with Gasteiger partial charge >= 0.3 is 5.97 Å². The molecule has 2 saturated carbocycles. The molecular weight excluding hydrogens is 262 g/mol. The molecule has 6 nitrogen and oxygen atoms in total. The van der Waals surface area contributed by atoms with E-state index < -0.39 is 18.4 Å². The maximum atomic E-state index is 11.6. The van der Waals surface area contributed by atoms with Crippen molar-refractivity contribution in [2.24, 2.45) is 16.7 Å². The second-order valence-electron chi connectivity index (χ2n) is 6.18. The van der Waals surface area contributed by atoms with Crippen molar-refractivity contribution in [3.05, 3.63) is 0 Å². The van der Waals surface area contributed by atoms with Crippen molar-refractivity contribution in [2.45, 2.75) is 52.9 Å². The van der Waals surface area contributed by atoms with Crippen LogP contribution < -0.4 is 11.3 Å². The SMILES string of the molecule is CC12CCC(CC1=O)C2(C)C.O=C([O-])CCC(=O)O.[NH4+]. The van der Waals surface area contributed by atoms with Gasteiger partial charge in [0, 0.05) is 17.8 Å². The fraction of sp³-hybridized carbons (Fsp3) is 0.786. The van der Waals surface area contributed by atoms with Crippen LogP contribution in [0.5, 0.6) is 0 Å². The zero-order valence-corrected chi connectivity index (χ0v) is 12.7. The van der Waals surface area contributed by atoms with Crippen LogP contribution in [-0.4, -0.2) is 22.8 Å². The number of carboxylic acids is 2. The van der Waals surface area contributed by atoms with Crippen LogP contribution in [0.2, 0.25) is 0 Å². The zero-order valence-electron chi connectivity index (χ0n) is 12.7. The first-order chi connectivity index (χ1) is 8.61. The molecule has 0 radical (unpaired) electrons. The second-order valence-corrected chi connectivity index (χ2v) is 6.18. The minimum atomic E-state index is -1.33. The molecule has 2 aliphatic rings. The van der Waals surface area contributed by atoms with Gasteiger partial charge in [-0.3, -0.25) is 9.59 Å². The minimum Gasteiger partial charge on any atom is -0.550 e. The third kappa shape index (κ3) is 3.36. The molecule has 0 amide bonds. The topological polar surface area (TPSA) is 131 Å². The summed E-state index contributed by atoms with van der Waals surface area (Å²) in [5.41, 5.74) is 0.307. The van der Waals surface area contributed by atoms with E-state index in [1.165, 1.54) is 6.42 Å². The zero-order chi connectivity index (χ0) is 14.8. The third-order valence-corrected chi connectivity index (χ3v) is 5.03. The smallest absolute Gasteiger partial charge is 0.303 e.